The number of amides is 2. The highest BCUT2D eigenvalue weighted by Crippen LogP contribution is 2.29. The number of aryl methyl sites for hydroxylation is 1. The predicted octanol–water partition coefficient (Wildman–Crippen LogP) is 2.67. The van der Waals surface area contributed by atoms with E-state index in [0.29, 0.717) is 36.5 Å². The average Bonchev–Trinajstić information content (AvgIpc) is 3.43. The Balaban J connectivity index is 1.30. The van der Waals surface area contributed by atoms with Gasteiger partial charge in [-0.25, -0.2) is 4.68 Å². The molecule has 2 amide bonds. The second-order valence-electron chi connectivity index (χ2n) is 8.72. The van der Waals surface area contributed by atoms with E-state index in [1.54, 1.807) is 29.7 Å². The number of nitrogens with one attached hydrogen (secondary N) is 1. The maximum atomic E-state index is 13.0. The molecule has 186 valence electrons. The highest BCUT2D eigenvalue weighted by Gasteiger charge is 2.30. The number of halogens is 3. The number of alkyl halides is 3. The van der Waals surface area contributed by atoms with Gasteiger partial charge in [0.25, 0.3) is 11.8 Å². The minimum Gasteiger partial charge on any atom is -0.352 e. The lowest BCUT2D eigenvalue weighted by molar-refractivity contribution is -0.137. The Labute approximate surface area is 199 Å². The Morgan fingerprint density at radius 3 is 2.43 bits per heavy atom. The number of piperidine rings is 1. The SMILES string of the molecule is Cc1c(C(=O)N2CCC(CNC(=O)c3cnn(C)c3)CC2)nnn1Cc1ccc(C(F)(F)F)cc1. The summed E-state index contributed by atoms with van der Waals surface area (Å²) in [6.45, 7) is 3.54. The molecule has 1 N–H and O–H groups in total. The molecule has 0 saturated carbocycles. The molecule has 0 atom stereocenters. The first-order valence-corrected chi connectivity index (χ1v) is 11.2. The molecule has 35 heavy (non-hydrogen) atoms. The van der Waals surface area contributed by atoms with Gasteiger partial charge in [0.15, 0.2) is 5.69 Å². The number of carbonyl (C=O) groups excluding carboxylic acids is 2. The van der Waals surface area contributed by atoms with E-state index in [-0.39, 0.29) is 30.0 Å². The van der Waals surface area contributed by atoms with Gasteiger partial charge in [0.05, 0.1) is 29.6 Å². The van der Waals surface area contributed by atoms with Crippen LogP contribution < -0.4 is 5.32 Å². The topological polar surface area (TPSA) is 97.9 Å². The Bertz CT molecular complexity index is 1190. The van der Waals surface area contributed by atoms with Crippen LogP contribution in [0.4, 0.5) is 13.2 Å². The zero-order valence-electron chi connectivity index (χ0n) is 19.4. The van der Waals surface area contributed by atoms with E-state index in [4.69, 9.17) is 0 Å². The summed E-state index contributed by atoms with van der Waals surface area (Å²) >= 11 is 0. The first-order chi connectivity index (χ1) is 16.6. The molecule has 0 unspecified atom stereocenters. The maximum Gasteiger partial charge on any atom is 0.416 e. The van der Waals surface area contributed by atoms with E-state index >= 15 is 0 Å². The van der Waals surface area contributed by atoms with Crippen LogP contribution in [0.15, 0.2) is 36.7 Å². The van der Waals surface area contributed by atoms with Crippen molar-refractivity contribution < 1.29 is 22.8 Å². The number of benzene rings is 1. The van der Waals surface area contributed by atoms with Crippen LogP contribution >= 0.6 is 0 Å². The van der Waals surface area contributed by atoms with Crippen molar-refractivity contribution in [3.05, 3.63) is 64.7 Å². The van der Waals surface area contributed by atoms with Gasteiger partial charge in [0, 0.05) is 32.9 Å². The average molecular weight is 490 g/mol. The van der Waals surface area contributed by atoms with Crippen molar-refractivity contribution >= 4 is 11.8 Å². The van der Waals surface area contributed by atoms with Crippen LogP contribution in [0.25, 0.3) is 0 Å². The molecule has 12 heteroatoms. The normalized spacial score (nSPS) is 14.8. The molecule has 1 aliphatic rings. The van der Waals surface area contributed by atoms with E-state index in [0.717, 1.165) is 25.0 Å². The van der Waals surface area contributed by atoms with Gasteiger partial charge in [-0.2, -0.15) is 18.3 Å². The summed E-state index contributed by atoms with van der Waals surface area (Å²) in [5.41, 5.74) is 1.21. The van der Waals surface area contributed by atoms with Crippen LogP contribution in [-0.4, -0.2) is 61.1 Å². The van der Waals surface area contributed by atoms with Crippen molar-refractivity contribution in [1.82, 2.24) is 35.0 Å². The number of likely N-dealkylation sites (tertiary alicyclic amines) is 1. The molecule has 0 radical (unpaired) electrons. The van der Waals surface area contributed by atoms with Gasteiger partial charge in [-0.3, -0.25) is 14.3 Å². The van der Waals surface area contributed by atoms with Crippen molar-refractivity contribution in [2.45, 2.75) is 32.5 Å². The smallest absolute Gasteiger partial charge is 0.352 e. The summed E-state index contributed by atoms with van der Waals surface area (Å²) in [5.74, 6) is -0.132. The standard InChI is InChI=1S/C23H26F3N7O2/c1-15-20(29-30-33(15)13-17-3-5-19(6-4-17)23(24,25)26)22(35)32-9-7-16(8-10-32)11-27-21(34)18-12-28-31(2)14-18/h3-6,12,14,16H,7-11,13H2,1-2H3,(H,27,34). The van der Waals surface area contributed by atoms with Gasteiger partial charge >= 0.3 is 6.18 Å². The molecule has 1 fully saturated rings. The number of aromatic nitrogens is 5. The summed E-state index contributed by atoms with van der Waals surface area (Å²) in [7, 11) is 1.75. The zero-order valence-corrected chi connectivity index (χ0v) is 19.4. The van der Waals surface area contributed by atoms with Crippen LogP contribution in [-0.2, 0) is 19.8 Å². The number of nitrogens with zero attached hydrogens (tertiary/aromatic N) is 6. The molecule has 4 rings (SSSR count). The third-order valence-corrected chi connectivity index (χ3v) is 6.22. The van der Waals surface area contributed by atoms with Gasteiger partial charge in [0.1, 0.15) is 0 Å². The second kappa shape index (κ2) is 9.88. The molecular formula is C23H26F3N7O2. The molecule has 3 heterocycles. The summed E-state index contributed by atoms with van der Waals surface area (Å²) in [6, 6.07) is 4.83. The van der Waals surface area contributed by atoms with Crippen LogP contribution in [0, 0.1) is 12.8 Å². The quantitative estimate of drug-likeness (QED) is 0.574. The zero-order chi connectivity index (χ0) is 25.2. The molecule has 1 aromatic carbocycles. The largest absolute Gasteiger partial charge is 0.416 e. The molecule has 9 nitrogen and oxygen atoms in total. The van der Waals surface area contributed by atoms with Crippen molar-refractivity contribution in [1.29, 1.82) is 0 Å². The van der Waals surface area contributed by atoms with Crippen molar-refractivity contribution in [3.63, 3.8) is 0 Å². The summed E-state index contributed by atoms with van der Waals surface area (Å²) in [6.07, 6.45) is 0.280. The molecule has 3 aromatic rings. The second-order valence-corrected chi connectivity index (χ2v) is 8.72. The van der Waals surface area contributed by atoms with Crippen molar-refractivity contribution in [3.8, 4) is 0 Å². The third kappa shape index (κ3) is 5.69. The fraction of sp³-hybridized carbons (Fsp3) is 0.435. The Morgan fingerprint density at radius 2 is 1.83 bits per heavy atom. The molecular weight excluding hydrogens is 463 g/mol. The van der Waals surface area contributed by atoms with E-state index in [2.05, 4.69) is 20.7 Å². The molecule has 1 saturated heterocycles. The van der Waals surface area contributed by atoms with Gasteiger partial charge < -0.3 is 10.2 Å². The molecule has 0 spiro atoms. The van der Waals surface area contributed by atoms with Crippen LogP contribution in [0.1, 0.15) is 50.5 Å². The summed E-state index contributed by atoms with van der Waals surface area (Å²) in [4.78, 5) is 26.9. The lowest BCUT2D eigenvalue weighted by Gasteiger charge is -2.31. The van der Waals surface area contributed by atoms with E-state index in [1.807, 2.05) is 0 Å². The van der Waals surface area contributed by atoms with Crippen molar-refractivity contribution in [2.75, 3.05) is 19.6 Å². The summed E-state index contributed by atoms with van der Waals surface area (Å²) < 4.78 is 41.4. The van der Waals surface area contributed by atoms with Crippen LogP contribution in [0.2, 0.25) is 0 Å². The monoisotopic (exact) mass is 489 g/mol. The predicted molar refractivity (Wildman–Crippen MR) is 119 cm³/mol. The fourth-order valence-electron chi connectivity index (χ4n) is 4.05. The van der Waals surface area contributed by atoms with Crippen LogP contribution in [0.5, 0.6) is 0 Å². The van der Waals surface area contributed by atoms with Gasteiger partial charge in [-0.05, 0) is 43.4 Å². The van der Waals surface area contributed by atoms with E-state index in [9.17, 15) is 22.8 Å². The molecule has 1 aliphatic heterocycles. The van der Waals surface area contributed by atoms with Crippen LogP contribution in [0.3, 0.4) is 0 Å². The third-order valence-electron chi connectivity index (χ3n) is 6.22. The number of hydrogen-bond acceptors (Lipinski definition) is 5. The van der Waals surface area contributed by atoms with Gasteiger partial charge in [-0.15, -0.1) is 5.10 Å². The Morgan fingerprint density at radius 1 is 1.14 bits per heavy atom. The molecule has 2 aromatic heterocycles. The summed E-state index contributed by atoms with van der Waals surface area (Å²) in [5, 5.41) is 15.0. The first-order valence-electron chi connectivity index (χ1n) is 11.2. The van der Waals surface area contributed by atoms with Gasteiger partial charge in [-0.1, -0.05) is 17.3 Å². The maximum absolute atomic E-state index is 13.0. The van der Waals surface area contributed by atoms with Crippen molar-refractivity contribution in [2.24, 2.45) is 13.0 Å². The molecule has 0 aliphatic carbocycles. The minimum atomic E-state index is -4.39. The van der Waals surface area contributed by atoms with E-state index < -0.39 is 11.7 Å². The first kappa shape index (κ1) is 24.4. The Hall–Kier alpha value is -3.70. The number of carbonyl (C=O) groups is 2. The Kier molecular flexibility index (Phi) is 6.90. The molecule has 0 bridgehead atoms. The lowest BCUT2D eigenvalue weighted by Crippen LogP contribution is -2.41. The lowest BCUT2D eigenvalue weighted by atomic mass is 9.96. The number of hydrogen-bond donors (Lipinski definition) is 1. The number of rotatable bonds is 6. The highest BCUT2D eigenvalue weighted by molar-refractivity contribution is 5.94. The van der Waals surface area contributed by atoms with Gasteiger partial charge in [0.2, 0.25) is 0 Å². The van der Waals surface area contributed by atoms with E-state index in [1.165, 1.54) is 23.0 Å². The fourth-order valence-corrected chi connectivity index (χ4v) is 4.05. The minimum absolute atomic E-state index is 0.170. The highest BCUT2D eigenvalue weighted by atomic mass is 19.4.